The largest absolute Gasteiger partial charge is 0.484 e. The Hall–Kier alpha value is -3.34. The number of amides is 1. The minimum absolute atomic E-state index is 0.0616. The van der Waals surface area contributed by atoms with E-state index in [-0.39, 0.29) is 36.8 Å². The summed E-state index contributed by atoms with van der Waals surface area (Å²) in [5.74, 6) is 1.15. The van der Waals surface area contributed by atoms with E-state index in [1.54, 1.807) is 4.90 Å². The Morgan fingerprint density at radius 3 is 2.75 bits per heavy atom. The minimum atomic E-state index is -0.266. The molecule has 3 aromatic rings. The molecular formula is C26H31N6O4+. The molecule has 2 aromatic carbocycles. The normalized spacial score (nSPS) is 25.7. The molecule has 188 valence electrons. The van der Waals surface area contributed by atoms with E-state index in [0.717, 1.165) is 12.1 Å². The molecule has 10 nitrogen and oxygen atoms in total. The van der Waals surface area contributed by atoms with Crippen LogP contribution >= 0.6 is 0 Å². The smallest absolute Gasteiger partial charge is 0.258 e. The predicted molar refractivity (Wildman–Crippen MR) is 129 cm³/mol. The Morgan fingerprint density at radius 2 is 1.89 bits per heavy atom. The summed E-state index contributed by atoms with van der Waals surface area (Å²) >= 11 is 0. The fourth-order valence-corrected chi connectivity index (χ4v) is 5.49. The van der Waals surface area contributed by atoms with Crippen molar-refractivity contribution in [2.75, 3.05) is 32.9 Å². The van der Waals surface area contributed by atoms with Gasteiger partial charge in [-0.15, -0.1) is 5.10 Å². The van der Waals surface area contributed by atoms with Crippen LogP contribution in [0.15, 0.2) is 54.6 Å². The Bertz CT molecular complexity index is 1180. The maximum absolute atomic E-state index is 12.5. The van der Waals surface area contributed by atoms with Gasteiger partial charge < -0.3 is 24.4 Å². The average molecular weight is 492 g/mol. The lowest BCUT2D eigenvalue weighted by atomic mass is 10.1. The van der Waals surface area contributed by atoms with Gasteiger partial charge in [-0.3, -0.25) is 4.79 Å². The first-order chi connectivity index (χ1) is 17.7. The number of ether oxygens (including phenoxy) is 3. The summed E-state index contributed by atoms with van der Waals surface area (Å²) < 4.78 is 19.6. The number of rotatable bonds is 8. The van der Waals surface area contributed by atoms with Crippen LogP contribution in [0.4, 0.5) is 0 Å². The Balaban J connectivity index is 1.10. The molecule has 0 unspecified atom stereocenters. The van der Waals surface area contributed by atoms with Crippen LogP contribution in [0, 0.1) is 0 Å². The summed E-state index contributed by atoms with van der Waals surface area (Å²) in [5.41, 5.74) is 2.28. The van der Waals surface area contributed by atoms with Gasteiger partial charge >= 0.3 is 0 Å². The third kappa shape index (κ3) is 4.84. The molecule has 3 fully saturated rings. The molecule has 0 saturated carbocycles. The van der Waals surface area contributed by atoms with Crippen LogP contribution in [0.3, 0.4) is 0 Å². The number of carbonyl (C=O) groups excluding carboxylic acids is 1. The summed E-state index contributed by atoms with van der Waals surface area (Å²) in [4.78, 5) is 14.1. The molecule has 0 radical (unpaired) electrons. The van der Waals surface area contributed by atoms with E-state index in [9.17, 15) is 4.79 Å². The second-order valence-corrected chi connectivity index (χ2v) is 9.72. The molecule has 0 aliphatic carbocycles. The van der Waals surface area contributed by atoms with Gasteiger partial charge in [0, 0.05) is 24.0 Å². The van der Waals surface area contributed by atoms with Crippen molar-refractivity contribution < 1.29 is 23.9 Å². The predicted octanol–water partition coefficient (Wildman–Crippen LogP) is 0.421. The Labute approximate surface area is 209 Å². The number of quaternary nitrogens is 1. The second kappa shape index (κ2) is 10.3. The van der Waals surface area contributed by atoms with E-state index in [4.69, 9.17) is 14.2 Å². The standard InChI is InChI=1S/C26H30N6O4/c33-23(17-34-20-9-2-1-3-10-20)27-21-15-35-25-22(16-36-24(21)25)32-26(28-29-30-32)19-8-6-7-18(13-19)14-31-11-4-5-12-31/h1-3,6-10,13,21-22,24-25H,4-5,11-12,14-17H2,(H,27,33)/p+1/t21-,22-,24+,25+/m0/s1. The van der Waals surface area contributed by atoms with Crippen LogP contribution in [0.25, 0.3) is 11.4 Å². The van der Waals surface area contributed by atoms with Crippen molar-refractivity contribution in [2.45, 2.75) is 43.7 Å². The fourth-order valence-electron chi connectivity index (χ4n) is 5.49. The van der Waals surface area contributed by atoms with Crippen molar-refractivity contribution in [3.8, 4) is 17.1 Å². The highest BCUT2D eigenvalue weighted by molar-refractivity contribution is 5.78. The Kier molecular flexibility index (Phi) is 6.63. The summed E-state index contributed by atoms with van der Waals surface area (Å²) in [7, 11) is 0. The number of nitrogens with one attached hydrogen (secondary N) is 2. The maximum atomic E-state index is 12.5. The zero-order valence-electron chi connectivity index (χ0n) is 20.1. The van der Waals surface area contributed by atoms with Gasteiger partial charge in [0.15, 0.2) is 12.4 Å². The number of aromatic nitrogens is 4. The van der Waals surface area contributed by atoms with Crippen molar-refractivity contribution in [1.29, 1.82) is 0 Å². The highest BCUT2D eigenvalue weighted by atomic mass is 16.6. The first-order valence-corrected chi connectivity index (χ1v) is 12.7. The van der Waals surface area contributed by atoms with Crippen LogP contribution in [0.1, 0.15) is 24.4 Å². The van der Waals surface area contributed by atoms with Gasteiger partial charge in [0.25, 0.3) is 5.91 Å². The third-order valence-electron chi connectivity index (χ3n) is 7.24. The molecule has 2 N–H and O–H groups in total. The van der Waals surface area contributed by atoms with E-state index < -0.39 is 0 Å². The van der Waals surface area contributed by atoms with Crippen LogP contribution in [-0.4, -0.2) is 77.3 Å². The number of fused-ring (bicyclic) bond motifs is 1. The number of hydrogen-bond donors (Lipinski definition) is 2. The molecule has 4 atom stereocenters. The van der Waals surface area contributed by atoms with E-state index in [1.165, 1.54) is 31.5 Å². The summed E-state index contributed by atoms with van der Waals surface area (Å²) in [6, 6.07) is 17.3. The van der Waals surface area contributed by atoms with Gasteiger partial charge in [-0.2, -0.15) is 0 Å². The topological polar surface area (TPSA) is 105 Å². The van der Waals surface area contributed by atoms with E-state index in [2.05, 4.69) is 39.0 Å². The average Bonchev–Trinajstić information content (AvgIpc) is 3.70. The zero-order valence-corrected chi connectivity index (χ0v) is 20.1. The van der Waals surface area contributed by atoms with Crippen molar-refractivity contribution in [1.82, 2.24) is 25.5 Å². The van der Waals surface area contributed by atoms with Crippen LogP contribution in [-0.2, 0) is 20.8 Å². The van der Waals surface area contributed by atoms with Gasteiger partial charge in [0.2, 0.25) is 0 Å². The molecule has 10 heteroatoms. The fraction of sp³-hybridized carbons (Fsp3) is 0.462. The van der Waals surface area contributed by atoms with E-state index in [1.807, 2.05) is 41.1 Å². The molecule has 0 bridgehead atoms. The molecule has 1 aromatic heterocycles. The molecule has 3 aliphatic rings. The number of carbonyl (C=O) groups is 1. The highest BCUT2D eigenvalue weighted by Crippen LogP contribution is 2.35. The SMILES string of the molecule is O=C(COc1ccccc1)N[C@H]1CO[C@H]2[C@@H]1OC[C@@H]2n1nnnc1-c1cccc(C[NH+]2CCCC2)c1. The highest BCUT2D eigenvalue weighted by Gasteiger charge is 2.50. The second-order valence-electron chi connectivity index (χ2n) is 9.72. The zero-order chi connectivity index (χ0) is 24.3. The lowest BCUT2D eigenvalue weighted by Gasteiger charge is -2.18. The number of para-hydroxylation sites is 1. The molecule has 3 aliphatic heterocycles. The monoisotopic (exact) mass is 491 g/mol. The number of benzene rings is 2. The van der Waals surface area contributed by atoms with Crippen molar-refractivity contribution in [3.63, 3.8) is 0 Å². The van der Waals surface area contributed by atoms with Gasteiger partial charge in [0.1, 0.15) is 30.5 Å². The van der Waals surface area contributed by atoms with Crippen LogP contribution < -0.4 is 15.0 Å². The van der Waals surface area contributed by atoms with Gasteiger partial charge in [0.05, 0.1) is 32.3 Å². The van der Waals surface area contributed by atoms with E-state index in [0.29, 0.717) is 24.8 Å². The Morgan fingerprint density at radius 1 is 1.06 bits per heavy atom. The van der Waals surface area contributed by atoms with Gasteiger partial charge in [-0.25, -0.2) is 4.68 Å². The molecule has 0 spiro atoms. The molecule has 36 heavy (non-hydrogen) atoms. The van der Waals surface area contributed by atoms with Gasteiger partial charge in [-0.1, -0.05) is 36.4 Å². The number of tetrazole rings is 1. The molecule has 6 rings (SSSR count). The van der Waals surface area contributed by atoms with Crippen molar-refractivity contribution in [3.05, 3.63) is 60.2 Å². The van der Waals surface area contributed by atoms with Crippen molar-refractivity contribution >= 4 is 5.91 Å². The third-order valence-corrected chi connectivity index (χ3v) is 7.24. The number of likely N-dealkylation sites (tertiary alicyclic amines) is 1. The van der Waals surface area contributed by atoms with Crippen molar-refractivity contribution in [2.24, 2.45) is 0 Å². The quantitative estimate of drug-likeness (QED) is 0.471. The molecule has 3 saturated heterocycles. The first kappa shape index (κ1) is 23.1. The minimum Gasteiger partial charge on any atom is -0.484 e. The van der Waals surface area contributed by atoms with Crippen LogP contribution in [0.5, 0.6) is 5.75 Å². The number of hydrogen-bond acceptors (Lipinski definition) is 7. The lowest BCUT2D eigenvalue weighted by Crippen LogP contribution is -3.08. The summed E-state index contributed by atoms with van der Waals surface area (Å²) in [6.45, 7) is 4.21. The maximum Gasteiger partial charge on any atom is 0.258 e. The van der Waals surface area contributed by atoms with Crippen LogP contribution in [0.2, 0.25) is 0 Å². The van der Waals surface area contributed by atoms with Gasteiger partial charge in [-0.05, 0) is 28.6 Å². The number of nitrogens with zero attached hydrogens (tertiary/aromatic N) is 4. The lowest BCUT2D eigenvalue weighted by molar-refractivity contribution is -0.901. The summed E-state index contributed by atoms with van der Waals surface area (Å²) in [5, 5.41) is 15.6. The molecule has 1 amide bonds. The van der Waals surface area contributed by atoms with E-state index >= 15 is 0 Å². The molecule has 4 heterocycles. The molecular weight excluding hydrogens is 460 g/mol. The first-order valence-electron chi connectivity index (χ1n) is 12.7. The summed E-state index contributed by atoms with van der Waals surface area (Å²) in [6.07, 6.45) is 2.10.